The van der Waals surface area contributed by atoms with Gasteiger partial charge >= 0.3 is 0 Å². The first-order valence-electron chi connectivity index (χ1n) is 2.05. The molecule has 1 radical (unpaired) electrons. The summed E-state index contributed by atoms with van der Waals surface area (Å²) >= 11 is 1.75. The third kappa shape index (κ3) is 1.19. The Balaban J connectivity index is 2.00. The van der Waals surface area contributed by atoms with E-state index in [1.807, 2.05) is 5.94 Å². The lowest BCUT2D eigenvalue weighted by Crippen LogP contribution is -1.97. The molecule has 1 aliphatic heterocycles. The van der Waals surface area contributed by atoms with Crippen LogP contribution in [0.25, 0.3) is 0 Å². The fraction of sp³-hybridized carbons (Fsp3) is 0.750. The molecule has 0 spiro atoms. The van der Waals surface area contributed by atoms with Crippen LogP contribution in [0.1, 0.15) is 6.42 Å². The molecular weight excluding hydrogens is 96.1 g/mol. The molecule has 0 atom stereocenters. The summed E-state index contributed by atoms with van der Waals surface area (Å²) in [5.74, 6) is 3.05. The van der Waals surface area contributed by atoms with E-state index in [4.69, 9.17) is 4.74 Å². The van der Waals surface area contributed by atoms with Crippen LogP contribution in [0.2, 0.25) is 0 Å². The molecule has 1 rings (SSSR count). The van der Waals surface area contributed by atoms with E-state index in [2.05, 4.69) is 0 Å². The number of hydrogen-bond acceptors (Lipinski definition) is 2. The molecule has 6 heavy (non-hydrogen) atoms. The smallest absolute Gasteiger partial charge is 0.138 e. The zero-order valence-electron chi connectivity index (χ0n) is 3.52. The molecule has 2 heteroatoms. The first kappa shape index (κ1) is 4.47. The second-order valence-corrected chi connectivity index (χ2v) is 2.13. The molecule has 1 saturated heterocycles. The van der Waals surface area contributed by atoms with Crippen molar-refractivity contribution in [2.75, 3.05) is 12.4 Å². The molecule has 0 aromatic carbocycles. The predicted molar refractivity (Wildman–Crippen MR) is 27.3 cm³/mol. The van der Waals surface area contributed by atoms with Gasteiger partial charge in [-0.1, -0.05) is 0 Å². The second-order valence-electron chi connectivity index (χ2n) is 1.19. The Morgan fingerprint density at radius 2 is 2.67 bits per heavy atom. The average Bonchev–Trinajstić information content (AvgIpc) is 1.72. The Morgan fingerprint density at radius 1 is 1.67 bits per heavy atom. The van der Waals surface area contributed by atoms with Crippen LogP contribution in [0.3, 0.4) is 0 Å². The normalized spacial score (nSPS) is 24.0. The van der Waals surface area contributed by atoms with Gasteiger partial charge in [-0.15, -0.1) is 11.8 Å². The highest BCUT2D eigenvalue weighted by Gasteiger charge is 1.96. The minimum Gasteiger partial charge on any atom is -0.364 e. The lowest BCUT2D eigenvalue weighted by atomic mass is 10.5. The van der Waals surface area contributed by atoms with Crippen molar-refractivity contribution in [2.45, 2.75) is 6.42 Å². The number of rotatable bonds is 0. The van der Waals surface area contributed by atoms with Crippen molar-refractivity contribution in [3.8, 4) is 0 Å². The number of thioether (sulfide) groups is 1. The zero-order chi connectivity index (χ0) is 4.24. The van der Waals surface area contributed by atoms with Crippen LogP contribution in [0.15, 0.2) is 0 Å². The van der Waals surface area contributed by atoms with Crippen LogP contribution in [0.4, 0.5) is 0 Å². The van der Waals surface area contributed by atoms with E-state index in [0.717, 1.165) is 6.61 Å². The molecule has 1 fully saturated rings. The van der Waals surface area contributed by atoms with Crippen molar-refractivity contribution in [3.05, 3.63) is 5.94 Å². The van der Waals surface area contributed by atoms with Gasteiger partial charge in [0.15, 0.2) is 0 Å². The van der Waals surface area contributed by atoms with E-state index in [9.17, 15) is 0 Å². The standard InChI is InChI=1S/C4H7OS/c1-2-5-4-6-3-1/h4H,1-3H2. The highest BCUT2D eigenvalue weighted by molar-refractivity contribution is 8.01. The predicted octanol–water partition coefficient (Wildman–Crippen LogP) is 1.26. The SMILES string of the molecule is [CH]1OCCCS1. The summed E-state index contributed by atoms with van der Waals surface area (Å²) in [6, 6.07) is 0. The van der Waals surface area contributed by atoms with E-state index in [0.29, 0.717) is 0 Å². The van der Waals surface area contributed by atoms with Crippen LogP contribution in [-0.4, -0.2) is 12.4 Å². The Bertz CT molecular complexity index is 23.0. The lowest BCUT2D eigenvalue weighted by molar-refractivity contribution is 0.225. The maximum Gasteiger partial charge on any atom is 0.138 e. The van der Waals surface area contributed by atoms with Crippen molar-refractivity contribution in [2.24, 2.45) is 0 Å². The molecule has 1 nitrogen and oxygen atoms in total. The molecule has 0 amide bonds. The van der Waals surface area contributed by atoms with Crippen LogP contribution in [0, 0.1) is 5.94 Å². The van der Waals surface area contributed by atoms with Gasteiger partial charge in [0.2, 0.25) is 0 Å². The molecule has 35 valence electrons. The summed E-state index contributed by atoms with van der Waals surface area (Å²) in [5.41, 5.74) is 0. The average molecular weight is 103 g/mol. The Morgan fingerprint density at radius 3 is 2.83 bits per heavy atom. The van der Waals surface area contributed by atoms with Crippen LogP contribution < -0.4 is 0 Å². The van der Waals surface area contributed by atoms with Crippen LogP contribution in [-0.2, 0) is 4.74 Å². The summed E-state index contributed by atoms with van der Waals surface area (Å²) in [6.07, 6.45) is 1.21. The van der Waals surface area contributed by atoms with Crippen molar-refractivity contribution in [3.63, 3.8) is 0 Å². The van der Waals surface area contributed by atoms with Gasteiger partial charge in [0.1, 0.15) is 5.94 Å². The molecule has 0 N–H and O–H groups in total. The highest BCUT2D eigenvalue weighted by atomic mass is 32.2. The Kier molecular flexibility index (Phi) is 1.85. The van der Waals surface area contributed by atoms with Gasteiger partial charge in [-0.2, -0.15) is 0 Å². The molecule has 0 aliphatic carbocycles. The molecule has 0 bridgehead atoms. The minimum absolute atomic E-state index is 0.924. The summed E-state index contributed by atoms with van der Waals surface area (Å²) < 4.78 is 4.91. The first-order chi connectivity index (χ1) is 3.00. The summed E-state index contributed by atoms with van der Waals surface area (Å²) in [7, 11) is 0. The van der Waals surface area contributed by atoms with Gasteiger partial charge in [-0.05, 0) is 12.2 Å². The largest absolute Gasteiger partial charge is 0.364 e. The zero-order valence-corrected chi connectivity index (χ0v) is 4.33. The second kappa shape index (κ2) is 2.48. The number of ether oxygens (including phenoxy) is 1. The molecular formula is C4H7OS. The molecule has 0 unspecified atom stereocenters. The topological polar surface area (TPSA) is 9.23 Å². The van der Waals surface area contributed by atoms with Crippen molar-refractivity contribution in [1.82, 2.24) is 0 Å². The van der Waals surface area contributed by atoms with Gasteiger partial charge in [-0.3, -0.25) is 0 Å². The number of hydrogen-bond donors (Lipinski definition) is 0. The van der Waals surface area contributed by atoms with E-state index in [-0.39, 0.29) is 0 Å². The molecule has 1 aliphatic rings. The van der Waals surface area contributed by atoms with E-state index >= 15 is 0 Å². The molecule has 0 saturated carbocycles. The van der Waals surface area contributed by atoms with Gasteiger partial charge in [0.25, 0.3) is 0 Å². The monoisotopic (exact) mass is 103 g/mol. The Hall–Kier alpha value is 0.310. The summed E-state index contributed by atoms with van der Waals surface area (Å²) in [6.45, 7) is 0.924. The fourth-order valence-electron chi connectivity index (χ4n) is 0.370. The van der Waals surface area contributed by atoms with Gasteiger partial charge in [-0.25, -0.2) is 0 Å². The molecule has 1 heterocycles. The summed E-state index contributed by atoms with van der Waals surface area (Å²) in [5, 5.41) is 0. The maximum absolute atomic E-state index is 4.91. The van der Waals surface area contributed by atoms with Gasteiger partial charge in [0.05, 0.1) is 0 Å². The van der Waals surface area contributed by atoms with E-state index < -0.39 is 0 Å². The van der Waals surface area contributed by atoms with Crippen molar-refractivity contribution in [1.29, 1.82) is 0 Å². The lowest BCUT2D eigenvalue weighted by Gasteiger charge is -2.06. The van der Waals surface area contributed by atoms with E-state index in [1.54, 1.807) is 11.8 Å². The third-order valence-corrected chi connectivity index (χ3v) is 1.46. The highest BCUT2D eigenvalue weighted by Crippen LogP contribution is 2.12. The molecule has 0 aromatic heterocycles. The van der Waals surface area contributed by atoms with Gasteiger partial charge in [0, 0.05) is 6.61 Å². The first-order valence-corrected chi connectivity index (χ1v) is 3.10. The molecule has 0 aromatic rings. The third-order valence-electron chi connectivity index (χ3n) is 0.660. The minimum atomic E-state index is 0.924. The quantitative estimate of drug-likeness (QED) is 0.456. The van der Waals surface area contributed by atoms with E-state index in [1.165, 1.54) is 12.2 Å². The maximum atomic E-state index is 4.91. The van der Waals surface area contributed by atoms with Crippen LogP contribution >= 0.6 is 11.8 Å². The van der Waals surface area contributed by atoms with Gasteiger partial charge < -0.3 is 4.74 Å². The van der Waals surface area contributed by atoms with Crippen molar-refractivity contribution >= 4 is 11.8 Å². The Labute approximate surface area is 42.1 Å². The fourth-order valence-corrected chi connectivity index (χ4v) is 0.943. The summed E-state index contributed by atoms with van der Waals surface area (Å²) in [4.78, 5) is 0. The van der Waals surface area contributed by atoms with Crippen LogP contribution in [0.5, 0.6) is 0 Å². The van der Waals surface area contributed by atoms with Crippen molar-refractivity contribution < 1.29 is 4.74 Å².